The van der Waals surface area contributed by atoms with E-state index in [-0.39, 0.29) is 24.0 Å². The second kappa shape index (κ2) is 5.91. The zero-order valence-corrected chi connectivity index (χ0v) is 11.4. The number of carbonyl (C=O) groups excluding carboxylic acids is 1. The maximum atomic E-state index is 11.9. The fraction of sp³-hybridized carbons (Fsp3) is 0.615. The van der Waals surface area contributed by atoms with Crippen molar-refractivity contribution in [1.82, 2.24) is 15.3 Å². The van der Waals surface area contributed by atoms with Crippen molar-refractivity contribution < 1.29 is 9.90 Å². The van der Waals surface area contributed by atoms with E-state index in [1.165, 1.54) is 6.33 Å². The molecule has 0 aliphatic rings. The van der Waals surface area contributed by atoms with Crippen LogP contribution >= 0.6 is 0 Å². The van der Waals surface area contributed by atoms with Crippen molar-refractivity contribution in [1.29, 1.82) is 0 Å². The van der Waals surface area contributed by atoms with E-state index in [4.69, 9.17) is 0 Å². The van der Waals surface area contributed by atoms with Gasteiger partial charge in [-0.1, -0.05) is 20.8 Å². The third-order valence-electron chi connectivity index (χ3n) is 2.45. The van der Waals surface area contributed by atoms with Gasteiger partial charge in [-0.25, -0.2) is 9.97 Å². The first kappa shape index (κ1) is 14.6. The molecule has 2 N–H and O–H groups in total. The van der Waals surface area contributed by atoms with Crippen LogP contribution in [-0.4, -0.2) is 33.6 Å². The van der Waals surface area contributed by atoms with Crippen LogP contribution < -0.4 is 5.32 Å². The number of hydrogen-bond donors (Lipinski definition) is 2. The molecular weight excluding hydrogens is 230 g/mol. The molecule has 0 spiro atoms. The highest BCUT2D eigenvalue weighted by Gasteiger charge is 2.20. The van der Waals surface area contributed by atoms with Gasteiger partial charge in [0.25, 0.3) is 5.91 Å². The molecule has 1 atom stereocenters. The summed E-state index contributed by atoms with van der Waals surface area (Å²) >= 11 is 0. The van der Waals surface area contributed by atoms with Gasteiger partial charge in [0.1, 0.15) is 12.0 Å². The van der Waals surface area contributed by atoms with Crippen LogP contribution in [0.4, 0.5) is 0 Å². The number of aryl methyl sites for hydroxylation is 1. The molecular formula is C13H21N3O2. The minimum Gasteiger partial charge on any atom is -0.394 e. The van der Waals surface area contributed by atoms with Crippen molar-refractivity contribution in [3.63, 3.8) is 0 Å². The number of carbonyl (C=O) groups is 1. The van der Waals surface area contributed by atoms with Crippen LogP contribution in [0.15, 0.2) is 12.4 Å². The SMILES string of the molecule is Cc1cc(C(=O)NC(CO)CC(C)(C)C)ncn1. The molecule has 0 saturated heterocycles. The van der Waals surface area contributed by atoms with Crippen LogP contribution in [0.25, 0.3) is 0 Å². The quantitative estimate of drug-likeness (QED) is 0.846. The molecule has 1 aromatic rings. The van der Waals surface area contributed by atoms with Crippen LogP contribution in [0.1, 0.15) is 43.4 Å². The van der Waals surface area contributed by atoms with E-state index in [1.807, 2.05) is 0 Å². The third kappa shape index (κ3) is 4.79. The molecule has 5 heteroatoms. The van der Waals surface area contributed by atoms with Gasteiger partial charge in [0.2, 0.25) is 0 Å². The Morgan fingerprint density at radius 2 is 2.11 bits per heavy atom. The fourth-order valence-electron chi connectivity index (χ4n) is 1.74. The molecule has 1 amide bonds. The van der Waals surface area contributed by atoms with E-state index in [0.717, 1.165) is 5.69 Å². The molecule has 0 fully saturated rings. The van der Waals surface area contributed by atoms with Crippen molar-refractivity contribution in [3.05, 3.63) is 23.8 Å². The van der Waals surface area contributed by atoms with Gasteiger partial charge in [0.05, 0.1) is 12.6 Å². The number of amides is 1. The Hall–Kier alpha value is -1.49. The predicted molar refractivity (Wildman–Crippen MR) is 69.2 cm³/mol. The number of aromatic nitrogens is 2. The Bertz CT molecular complexity index is 413. The summed E-state index contributed by atoms with van der Waals surface area (Å²) in [6.07, 6.45) is 2.07. The highest BCUT2D eigenvalue weighted by molar-refractivity contribution is 5.92. The number of aliphatic hydroxyl groups excluding tert-OH is 1. The zero-order chi connectivity index (χ0) is 13.8. The molecule has 5 nitrogen and oxygen atoms in total. The molecule has 100 valence electrons. The lowest BCUT2D eigenvalue weighted by Crippen LogP contribution is -2.40. The average molecular weight is 251 g/mol. The number of nitrogens with one attached hydrogen (secondary N) is 1. The minimum atomic E-state index is -0.274. The summed E-state index contributed by atoms with van der Waals surface area (Å²) in [5.74, 6) is -0.274. The lowest BCUT2D eigenvalue weighted by atomic mass is 9.88. The van der Waals surface area contributed by atoms with Gasteiger partial charge in [-0.05, 0) is 24.8 Å². The molecule has 1 aromatic heterocycles. The second-order valence-electron chi connectivity index (χ2n) is 5.66. The summed E-state index contributed by atoms with van der Waals surface area (Å²) in [5.41, 5.74) is 1.11. The van der Waals surface area contributed by atoms with Gasteiger partial charge in [-0.15, -0.1) is 0 Å². The molecule has 18 heavy (non-hydrogen) atoms. The standard InChI is InChI=1S/C13H21N3O2/c1-9-5-11(15-8-14-9)12(18)16-10(7-17)6-13(2,3)4/h5,8,10,17H,6-7H2,1-4H3,(H,16,18). The average Bonchev–Trinajstić information content (AvgIpc) is 2.26. The first-order valence-corrected chi connectivity index (χ1v) is 6.02. The first-order valence-electron chi connectivity index (χ1n) is 6.02. The Morgan fingerprint density at radius 1 is 1.44 bits per heavy atom. The summed E-state index contributed by atoms with van der Waals surface area (Å²) < 4.78 is 0. The van der Waals surface area contributed by atoms with Gasteiger partial charge >= 0.3 is 0 Å². The minimum absolute atomic E-state index is 0.0439. The van der Waals surface area contributed by atoms with Gasteiger partial charge in [-0.3, -0.25) is 4.79 Å². The van der Waals surface area contributed by atoms with E-state index in [0.29, 0.717) is 12.1 Å². The molecule has 0 saturated carbocycles. The van der Waals surface area contributed by atoms with E-state index in [9.17, 15) is 9.90 Å². The monoisotopic (exact) mass is 251 g/mol. The van der Waals surface area contributed by atoms with Gasteiger partial charge in [-0.2, -0.15) is 0 Å². The summed E-state index contributed by atoms with van der Waals surface area (Å²) in [5, 5.41) is 12.1. The Labute approximate surface area is 108 Å². The number of hydrogen-bond acceptors (Lipinski definition) is 4. The van der Waals surface area contributed by atoms with Crippen molar-refractivity contribution in [3.8, 4) is 0 Å². The Balaban J connectivity index is 2.68. The third-order valence-corrected chi connectivity index (χ3v) is 2.45. The van der Waals surface area contributed by atoms with Crippen LogP contribution in [0, 0.1) is 12.3 Å². The molecule has 0 bridgehead atoms. The second-order valence-corrected chi connectivity index (χ2v) is 5.66. The summed E-state index contributed by atoms with van der Waals surface area (Å²) in [4.78, 5) is 19.8. The smallest absolute Gasteiger partial charge is 0.270 e. The molecule has 0 radical (unpaired) electrons. The van der Waals surface area contributed by atoms with Crippen LogP contribution in [0.3, 0.4) is 0 Å². The summed E-state index contributed by atoms with van der Waals surface area (Å²) in [6, 6.07) is 1.37. The van der Waals surface area contributed by atoms with Crippen molar-refractivity contribution >= 4 is 5.91 Å². The van der Waals surface area contributed by atoms with Crippen LogP contribution in [-0.2, 0) is 0 Å². The highest BCUT2D eigenvalue weighted by Crippen LogP contribution is 2.20. The van der Waals surface area contributed by atoms with E-state index in [1.54, 1.807) is 13.0 Å². The predicted octanol–water partition coefficient (Wildman–Crippen LogP) is 1.31. The van der Waals surface area contributed by atoms with E-state index < -0.39 is 0 Å². The summed E-state index contributed by atoms with van der Waals surface area (Å²) in [6.45, 7) is 7.92. The normalized spacial score (nSPS) is 13.2. The maximum Gasteiger partial charge on any atom is 0.270 e. The highest BCUT2D eigenvalue weighted by atomic mass is 16.3. The number of rotatable bonds is 4. The number of nitrogens with zero attached hydrogens (tertiary/aromatic N) is 2. The van der Waals surface area contributed by atoms with E-state index in [2.05, 4.69) is 36.1 Å². The number of aliphatic hydroxyl groups is 1. The lowest BCUT2D eigenvalue weighted by Gasteiger charge is -2.25. The molecule has 0 aliphatic heterocycles. The Morgan fingerprint density at radius 3 is 2.61 bits per heavy atom. The van der Waals surface area contributed by atoms with Crippen molar-refractivity contribution in [2.75, 3.05) is 6.61 Å². The van der Waals surface area contributed by atoms with Gasteiger partial charge in [0, 0.05) is 5.69 Å². The molecule has 1 rings (SSSR count). The molecule has 0 aromatic carbocycles. The van der Waals surface area contributed by atoms with Crippen LogP contribution in [0.2, 0.25) is 0 Å². The van der Waals surface area contributed by atoms with Crippen molar-refractivity contribution in [2.45, 2.75) is 40.2 Å². The Kier molecular flexibility index (Phi) is 4.78. The topological polar surface area (TPSA) is 75.1 Å². The van der Waals surface area contributed by atoms with Gasteiger partial charge in [0.15, 0.2) is 0 Å². The largest absolute Gasteiger partial charge is 0.394 e. The summed E-state index contributed by atoms with van der Waals surface area (Å²) in [7, 11) is 0. The van der Waals surface area contributed by atoms with Crippen molar-refractivity contribution in [2.24, 2.45) is 5.41 Å². The first-order chi connectivity index (χ1) is 8.31. The molecule has 0 aliphatic carbocycles. The molecule has 1 heterocycles. The molecule has 1 unspecified atom stereocenters. The fourth-order valence-corrected chi connectivity index (χ4v) is 1.74. The van der Waals surface area contributed by atoms with Gasteiger partial charge < -0.3 is 10.4 Å². The lowest BCUT2D eigenvalue weighted by molar-refractivity contribution is 0.0892. The van der Waals surface area contributed by atoms with Crippen LogP contribution in [0.5, 0.6) is 0 Å². The zero-order valence-electron chi connectivity index (χ0n) is 11.4. The van der Waals surface area contributed by atoms with E-state index >= 15 is 0 Å². The maximum absolute atomic E-state index is 11.9.